The lowest BCUT2D eigenvalue weighted by molar-refractivity contribution is -0.118. The number of hydrogen-bond acceptors (Lipinski definition) is 5. The molecule has 0 bridgehead atoms. The number of hydrogen-bond donors (Lipinski definition) is 2. The molecular weight excluding hydrogens is 468 g/mol. The van der Waals surface area contributed by atoms with Gasteiger partial charge in [-0.3, -0.25) is 4.79 Å². The zero-order valence-corrected chi connectivity index (χ0v) is 21.2. The van der Waals surface area contributed by atoms with Gasteiger partial charge in [-0.1, -0.05) is 48.5 Å². The summed E-state index contributed by atoms with van der Waals surface area (Å²) in [5.41, 5.74) is 3.97. The Morgan fingerprint density at radius 1 is 0.943 bits per heavy atom. The summed E-state index contributed by atoms with van der Waals surface area (Å²) >= 11 is 5.75. The van der Waals surface area contributed by atoms with Crippen LogP contribution in [-0.4, -0.2) is 48.6 Å². The van der Waals surface area contributed by atoms with E-state index in [-0.39, 0.29) is 24.2 Å². The lowest BCUT2D eigenvalue weighted by Gasteiger charge is -2.20. The number of alkyl carbamates (subject to hydrolysis) is 2. The Hall–Kier alpha value is -3.06. The highest BCUT2D eigenvalue weighted by molar-refractivity contribution is 6.28. The zero-order chi connectivity index (χ0) is 25.4. The van der Waals surface area contributed by atoms with E-state index in [9.17, 15) is 14.4 Å². The van der Waals surface area contributed by atoms with Crippen molar-refractivity contribution in [1.82, 2.24) is 10.6 Å². The molecule has 0 radical (unpaired) electrons. The van der Waals surface area contributed by atoms with Crippen molar-refractivity contribution in [1.29, 1.82) is 0 Å². The van der Waals surface area contributed by atoms with Gasteiger partial charge in [-0.25, -0.2) is 9.59 Å². The predicted molar refractivity (Wildman–Crippen MR) is 136 cm³/mol. The number of carbonyl (C=O) groups is 3. The molecule has 0 aliphatic heterocycles. The average Bonchev–Trinajstić information content (AvgIpc) is 3.14. The number of carbonyl (C=O) groups excluding carboxylic acids is 3. The van der Waals surface area contributed by atoms with Gasteiger partial charge in [0.25, 0.3) is 0 Å². The van der Waals surface area contributed by atoms with Gasteiger partial charge in [0.15, 0.2) is 5.78 Å². The Labute approximate surface area is 211 Å². The fraction of sp³-hybridized carbons (Fsp3) is 0.444. The molecule has 1 unspecified atom stereocenters. The molecule has 8 heteroatoms. The summed E-state index contributed by atoms with van der Waals surface area (Å²) in [4.78, 5) is 36.5. The second-order valence-electron chi connectivity index (χ2n) is 9.55. The van der Waals surface area contributed by atoms with E-state index in [2.05, 4.69) is 22.8 Å². The van der Waals surface area contributed by atoms with Crippen LogP contribution < -0.4 is 10.6 Å². The second-order valence-corrected chi connectivity index (χ2v) is 9.81. The molecule has 2 amide bonds. The van der Waals surface area contributed by atoms with Crippen molar-refractivity contribution in [3.8, 4) is 11.1 Å². The maximum atomic E-state index is 12.6. The quantitative estimate of drug-likeness (QED) is 0.336. The van der Waals surface area contributed by atoms with Crippen molar-refractivity contribution in [2.75, 3.05) is 19.0 Å². The second kappa shape index (κ2) is 12.1. The highest BCUT2D eigenvalue weighted by atomic mass is 35.5. The van der Waals surface area contributed by atoms with Gasteiger partial charge in [0.05, 0.1) is 11.9 Å². The third-order valence-electron chi connectivity index (χ3n) is 5.74. The molecule has 1 atom stereocenters. The van der Waals surface area contributed by atoms with Gasteiger partial charge in [0.1, 0.15) is 12.2 Å². The number of nitrogens with one attached hydrogen (secondary N) is 2. The topological polar surface area (TPSA) is 93.7 Å². The summed E-state index contributed by atoms with van der Waals surface area (Å²) in [6.45, 7) is 5.96. The monoisotopic (exact) mass is 500 g/mol. The predicted octanol–water partition coefficient (Wildman–Crippen LogP) is 5.40. The molecule has 3 rings (SSSR count). The minimum atomic E-state index is -0.746. The molecule has 188 valence electrons. The van der Waals surface area contributed by atoms with Crippen LogP contribution in [0.1, 0.15) is 57.1 Å². The van der Waals surface area contributed by atoms with E-state index >= 15 is 0 Å². The summed E-state index contributed by atoms with van der Waals surface area (Å²) in [5, 5.41) is 5.34. The molecule has 0 heterocycles. The van der Waals surface area contributed by atoms with Gasteiger partial charge in [-0.15, -0.1) is 11.6 Å². The van der Waals surface area contributed by atoms with Gasteiger partial charge in [-0.05, 0) is 62.3 Å². The first-order valence-electron chi connectivity index (χ1n) is 11.9. The normalized spacial score (nSPS) is 13.4. The van der Waals surface area contributed by atoms with Crippen molar-refractivity contribution in [3.63, 3.8) is 0 Å². The Morgan fingerprint density at radius 3 is 2.11 bits per heavy atom. The largest absolute Gasteiger partial charge is 0.449 e. The maximum Gasteiger partial charge on any atom is 0.407 e. The van der Waals surface area contributed by atoms with Crippen molar-refractivity contribution < 1.29 is 23.9 Å². The molecule has 7 nitrogen and oxygen atoms in total. The van der Waals surface area contributed by atoms with Crippen LogP contribution in [0.2, 0.25) is 0 Å². The smallest absolute Gasteiger partial charge is 0.407 e. The number of benzene rings is 2. The van der Waals surface area contributed by atoms with Crippen molar-refractivity contribution >= 4 is 29.6 Å². The summed E-state index contributed by atoms with van der Waals surface area (Å²) < 4.78 is 10.7. The Kier molecular flexibility index (Phi) is 9.15. The minimum Gasteiger partial charge on any atom is -0.449 e. The molecule has 2 N–H and O–H groups in total. The Balaban J connectivity index is 1.49. The minimum absolute atomic E-state index is 0.0609. The number of alkyl halides is 1. The first-order chi connectivity index (χ1) is 16.7. The fourth-order valence-corrected chi connectivity index (χ4v) is 4.35. The number of Topliss-reactive ketones (excluding diaryl/α,β-unsaturated/α-hetero) is 1. The van der Waals surface area contributed by atoms with Crippen molar-refractivity contribution in [2.45, 2.75) is 57.6 Å². The molecule has 0 aromatic heterocycles. The summed E-state index contributed by atoms with van der Waals surface area (Å²) in [5.74, 6) is -0.542. The number of fused-ring (bicyclic) bond motifs is 3. The van der Waals surface area contributed by atoms with Gasteiger partial charge < -0.3 is 20.1 Å². The number of amides is 2. The highest BCUT2D eigenvalue weighted by Crippen LogP contribution is 2.44. The molecule has 35 heavy (non-hydrogen) atoms. The van der Waals surface area contributed by atoms with Crippen molar-refractivity contribution in [2.24, 2.45) is 0 Å². The Morgan fingerprint density at radius 2 is 1.54 bits per heavy atom. The molecule has 1 aliphatic carbocycles. The van der Waals surface area contributed by atoms with Crippen LogP contribution in [-0.2, 0) is 14.3 Å². The number of halogens is 1. The van der Waals surface area contributed by atoms with Crippen LogP contribution in [0, 0.1) is 0 Å². The van der Waals surface area contributed by atoms with Crippen molar-refractivity contribution in [3.05, 3.63) is 59.7 Å². The van der Waals surface area contributed by atoms with E-state index in [0.29, 0.717) is 25.8 Å². The zero-order valence-electron chi connectivity index (χ0n) is 20.4. The third kappa shape index (κ3) is 7.46. The van der Waals surface area contributed by atoms with E-state index in [4.69, 9.17) is 21.1 Å². The van der Waals surface area contributed by atoms with E-state index in [1.54, 1.807) is 20.8 Å². The van der Waals surface area contributed by atoms with E-state index in [1.807, 2.05) is 36.4 Å². The molecule has 2 aromatic carbocycles. The van der Waals surface area contributed by atoms with Gasteiger partial charge in [0.2, 0.25) is 0 Å². The number of unbranched alkanes of at least 4 members (excludes halogenated alkanes) is 1. The van der Waals surface area contributed by atoms with Crippen LogP contribution >= 0.6 is 11.6 Å². The molecule has 0 fully saturated rings. The summed E-state index contributed by atoms with van der Waals surface area (Å²) in [7, 11) is 0. The lowest BCUT2D eigenvalue weighted by Crippen LogP contribution is -2.42. The fourth-order valence-electron chi connectivity index (χ4n) is 4.17. The SMILES string of the molecule is CC(C)(C)OC(=O)NCCCCC(NC(=O)OCC1c2ccccc2-c2ccccc21)C(=O)CCl. The van der Waals surface area contributed by atoms with E-state index in [1.165, 1.54) is 0 Å². The highest BCUT2D eigenvalue weighted by Gasteiger charge is 2.29. The van der Waals surface area contributed by atoms with Crippen LogP contribution in [0.3, 0.4) is 0 Å². The first kappa shape index (κ1) is 26.5. The van der Waals surface area contributed by atoms with Gasteiger partial charge >= 0.3 is 12.2 Å². The van der Waals surface area contributed by atoms with Gasteiger partial charge in [-0.2, -0.15) is 0 Å². The summed E-state index contributed by atoms with van der Waals surface area (Å²) in [6, 6.07) is 15.4. The number of rotatable bonds is 10. The maximum absolute atomic E-state index is 12.6. The van der Waals surface area contributed by atoms with E-state index in [0.717, 1.165) is 22.3 Å². The van der Waals surface area contributed by atoms with Crippen LogP contribution in [0.5, 0.6) is 0 Å². The lowest BCUT2D eigenvalue weighted by atomic mass is 9.98. The van der Waals surface area contributed by atoms with Gasteiger partial charge in [0, 0.05) is 12.5 Å². The standard InChI is InChI=1S/C27H33ClN2O5/c1-27(2,3)35-25(32)29-15-9-8-14-23(24(31)16-28)30-26(33)34-17-22-20-12-6-4-10-18(20)19-11-5-7-13-21(19)22/h4-7,10-13,22-23H,8-9,14-17H2,1-3H3,(H,29,32)(H,30,33). The third-order valence-corrected chi connectivity index (χ3v) is 6.01. The summed E-state index contributed by atoms with van der Waals surface area (Å²) in [6.07, 6.45) is 0.487. The first-order valence-corrected chi connectivity index (χ1v) is 12.4. The molecular formula is C27H33ClN2O5. The molecule has 1 aliphatic rings. The molecule has 0 spiro atoms. The van der Waals surface area contributed by atoms with E-state index < -0.39 is 23.8 Å². The van der Waals surface area contributed by atoms with Crippen LogP contribution in [0.25, 0.3) is 11.1 Å². The average molecular weight is 501 g/mol. The Bertz CT molecular complexity index is 1000. The number of ether oxygens (including phenoxy) is 2. The molecule has 0 saturated carbocycles. The molecule has 2 aromatic rings. The van der Waals surface area contributed by atoms with Crippen LogP contribution in [0.15, 0.2) is 48.5 Å². The van der Waals surface area contributed by atoms with Crippen LogP contribution in [0.4, 0.5) is 9.59 Å². The number of ketones is 1. The molecule has 0 saturated heterocycles.